The normalized spacial score (nSPS) is 20.3. The van der Waals surface area contributed by atoms with Gasteiger partial charge < -0.3 is 19.8 Å². The van der Waals surface area contributed by atoms with Crippen LogP contribution in [0.25, 0.3) is 10.9 Å². The van der Waals surface area contributed by atoms with E-state index in [1.165, 1.54) is 16.5 Å². The van der Waals surface area contributed by atoms with Crippen molar-refractivity contribution in [2.75, 3.05) is 26.4 Å². The van der Waals surface area contributed by atoms with Crippen molar-refractivity contribution in [3.63, 3.8) is 0 Å². The smallest absolute Gasteiger partial charge is 0.0933 e. The molecule has 96 valence electrons. The van der Waals surface area contributed by atoms with Gasteiger partial charge in [-0.3, -0.25) is 0 Å². The van der Waals surface area contributed by atoms with Gasteiger partial charge in [-0.1, -0.05) is 12.1 Å². The molecule has 0 spiro atoms. The average Bonchev–Trinajstić information content (AvgIpc) is 2.87. The minimum absolute atomic E-state index is 0.188. The minimum Gasteiger partial charge on any atom is -0.376 e. The van der Waals surface area contributed by atoms with Crippen molar-refractivity contribution in [1.29, 1.82) is 0 Å². The van der Waals surface area contributed by atoms with Crippen LogP contribution < -0.4 is 5.32 Å². The zero-order chi connectivity index (χ0) is 12.2. The molecule has 18 heavy (non-hydrogen) atoms. The molecule has 0 bridgehead atoms. The third-order valence-corrected chi connectivity index (χ3v) is 3.21. The minimum atomic E-state index is 0.188. The van der Waals surface area contributed by atoms with Crippen LogP contribution in [-0.4, -0.2) is 37.5 Å². The Morgan fingerprint density at radius 1 is 1.28 bits per heavy atom. The molecule has 0 amide bonds. The van der Waals surface area contributed by atoms with Gasteiger partial charge >= 0.3 is 0 Å². The number of nitrogens with one attached hydrogen (secondary N) is 2. The third kappa shape index (κ3) is 2.72. The predicted molar refractivity (Wildman–Crippen MR) is 70.6 cm³/mol. The summed E-state index contributed by atoms with van der Waals surface area (Å²) in [5.41, 5.74) is 2.47. The van der Waals surface area contributed by atoms with Crippen molar-refractivity contribution in [1.82, 2.24) is 10.3 Å². The maximum atomic E-state index is 5.58. The molecule has 1 unspecified atom stereocenters. The highest BCUT2D eigenvalue weighted by Gasteiger charge is 2.13. The van der Waals surface area contributed by atoms with Crippen molar-refractivity contribution < 1.29 is 9.47 Å². The highest BCUT2D eigenvalue weighted by molar-refractivity contribution is 5.79. The molecule has 3 rings (SSSR count). The van der Waals surface area contributed by atoms with Gasteiger partial charge in [-0.2, -0.15) is 0 Å². The van der Waals surface area contributed by atoms with Crippen LogP contribution in [0.3, 0.4) is 0 Å². The Bertz CT molecular complexity index is 503. The van der Waals surface area contributed by atoms with Crippen LogP contribution in [0, 0.1) is 0 Å². The van der Waals surface area contributed by atoms with Gasteiger partial charge in [0.25, 0.3) is 0 Å². The van der Waals surface area contributed by atoms with E-state index < -0.39 is 0 Å². The molecule has 0 aliphatic carbocycles. The van der Waals surface area contributed by atoms with E-state index in [-0.39, 0.29) is 6.10 Å². The lowest BCUT2D eigenvalue weighted by Crippen LogP contribution is -2.37. The molecule has 0 saturated carbocycles. The van der Waals surface area contributed by atoms with Crippen molar-refractivity contribution in [2.45, 2.75) is 12.6 Å². The van der Waals surface area contributed by atoms with E-state index >= 15 is 0 Å². The van der Waals surface area contributed by atoms with Gasteiger partial charge in [0, 0.05) is 24.8 Å². The van der Waals surface area contributed by atoms with Gasteiger partial charge in [0.2, 0.25) is 0 Å². The molecule has 4 nitrogen and oxygen atoms in total. The molecular weight excluding hydrogens is 228 g/mol. The van der Waals surface area contributed by atoms with Gasteiger partial charge in [-0.25, -0.2) is 0 Å². The molecule has 4 heteroatoms. The lowest BCUT2D eigenvalue weighted by molar-refractivity contribution is -0.0864. The zero-order valence-electron chi connectivity index (χ0n) is 10.3. The van der Waals surface area contributed by atoms with Crippen LogP contribution in [-0.2, 0) is 16.0 Å². The highest BCUT2D eigenvalue weighted by Crippen LogP contribution is 2.13. The van der Waals surface area contributed by atoms with E-state index in [4.69, 9.17) is 9.47 Å². The summed E-state index contributed by atoms with van der Waals surface area (Å²) in [7, 11) is 0. The van der Waals surface area contributed by atoms with Crippen LogP contribution in [0.5, 0.6) is 0 Å². The number of hydrogen-bond donors (Lipinski definition) is 2. The number of ether oxygens (including phenoxy) is 2. The van der Waals surface area contributed by atoms with E-state index in [9.17, 15) is 0 Å². The highest BCUT2D eigenvalue weighted by atomic mass is 16.6. The van der Waals surface area contributed by atoms with Crippen LogP contribution >= 0.6 is 0 Å². The van der Waals surface area contributed by atoms with Crippen molar-refractivity contribution in [3.8, 4) is 0 Å². The molecule has 1 aromatic heterocycles. The molecule has 1 aromatic carbocycles. The number of aromatic amines is 1. The van der Waals surface area contributed by atoms with Crippen LogP contribution in [0.4, 0.5) is 0 Å². The van der Waals surface area contributed by atoms with Crippen LogP contribution in [0.1, 0.15) is 5.56 Å². The summed E-state index contributed by atoms with van der Waals surface area (Å²) in [4.78, 5) is 3.23. The lowest BCUT2D eigenvalue weighted by Gasteiger charge is -2.23. The number of hydrogen-bond acceptors (Lipinski definition) is 3. The summed E-state index contributed by atoms with van der Waals surface area (Å²) in [5.74, 6) is 0. The fraction of sp³-hybridized carbons (Fsp3) is 0.429. The quantitative estimate of drug-likeness (QED) is 0.862. The summed E-state index contributed by atoms with van der Waals surface area (Å²) in [5, 5.41) is 4.66. The number of rotatable bonds is 4. The van der Waals surface area contributed by atoms with Crippen molar-refractivity contribution in [2.24, 2.45) is 0 Å². The monoisotopic (exact) mass is 246 g/mol. The Labute approximate surface area is 106 Å². The Morgan fingerprint density at radius 2 is 2.28 bits per heavy atom. The second kappa shape index (κ2) is 5.52. The molecule has 1 fully saturated rings. The van der Waals surface area contributed by atoms with E-state index in [0.29, 0.717) is 13.2 Å². The number of fused-ring (bicyclic) bond motifs is 1. The SMILES string of the molecule is c1cc2ccc(CNCC3COCCO3)cc2[nH]1. The van der Waals surface area contributed by atoms with E-state index in [2.05, 4.69) is 34.6 Å². The molecule has 1 aliphatic heterocycles. The summed E-state index contributed by atoms with van der Waals surface area (Å²) < 4.78 is 10.9. The Morgan fingerprint density at radius 3 is 3.17 bits per heavy atom. The maximum Gasteiger partial charge on any atom is 0.0933 e. The van der Waals surface area contributed by atoms with Crippen molar-refractivity contribution in [3.05, 3.63) is 36.0 Å². The second-order valence-corrected chi connectivity index (χ2v) is 4.60. The van der Waals surface area contributed by atoms with Gasteiger partial charge in [0.1, 0.15) is 0 Å². The fourth-order valence-electron chi connectivity index (χ4n) is 2.24. The van der Waals surface area contributed by atoms with Gasteiger partial charge in [-0.15, -0.1) is 0 Å². The zero-order valence-corrected chi connectivity index (χ0v) is 10.3. The molecule has 2 aromatic rings. The first-order valence-electron chi connectivity index (χ1n) is 6.38. The average molecular weight is 246 g/mol. The van der Waals surface area contributed by atoms with Gasteiger partial charge in [0.15, 0.2) is 0 Å². The molecule has 0 radical (unpaired) electrons. The fourth-order valence-corrected chi connectivity index (χ4v) is 2.24. The summed E-state index contributed by atoms with van der Waals surface area (Å²) in [6.45, 7) is 3.82. The Balaban J connectivity index is 1.52. The molecular formula is C14H18N2O2. The lowest BCUT2D eigenvalue weighted by atomic mass is 10.1. The molecule has 1 atom stereocenters. The molecule has 1 aliphatic rings. The number of benzene rings is 1. The van der Waals surface area contributed by atoms with Crippen LogP contribution in [0.15, 0.2) is 30.5 Å². The Kier molecular flexibility index (Phi) is 3.59. The Hall–Kier alpha value is -1.36. The van der Waals surface area contributed by atoms with Gasteiger partial charge in [0.05, 0.1) is 25.9 Å². The molecule has 1 saturated heterocycles. The maximum absolute atomic E-state index is 5.58. The molecule has 2 N–H and O–H groups in total. The summed E-state index contributed by atoms with van der Waals surface area (Å²) in [6, 6.07) is 8.56. The third-order valence-electron chi connectivity index (χ3n) is 3.21. The van der Waals surface area contributed by atoms with Crippen LogP contribution in [0.2, 0.25) is 0 Å². The first kappa shape index (κ1) is 11.7. The second-order valence-electron chi connectivity index (χ2n) is 4.60. The standard InChI is InChI=1S/C14H18N2O2/c1-2-12-3-4-16-14(12)7-11(1)8-15-9-13-10-17-5-6-18-13/h1-4,7,13,15-16H,5-6,8-10H2. The molecule has 2 heterocycles. The summed E-state index contributed by atoms with van der Waals surface area (Å²) >= 11 is 0. The largest absolute Gasteiger partial charge is 0.376 e. The topological polar surface area (TPSA) is 46.3 Å². The number of aromatic nitrogens is 1. The predicted octanol–water partition coefficient (Wildman–Crippen LogP) is 1.67. The van der Waals surface area contributed by atoms with E-state index in [1.807, 2.05) is 6.20 Å². The first-order chi connectivity index (χ1) is 8.92. The summed E-state index contributed by atoms with van der Waals surface area (Å²) in [6.07, 6.45) is 2.16. The van der Waals surface area contributed by atoms with Crippen molar-refractivity contribution >= 4 is 10.9 Å². The first-order valence-corrected chi connectivity index (χ1v) is 6.38. The van der Waals surface area contributed by atoms with E-state index in [0.717, 1.165) is 19.7 Å². The van der Waals surface area contributed by atoms with Gasteiger partial charge in [-0.05, 0) is 23.1 Å². The van der Waals surface area contributed by atoms with E-state index in [1.54, 1.807) is 0 Å². The number of H-pyrrole nitrogens is 1.